The minimum absolute atomic E-state index is 0.145. The van der Waals surface area contributed by atoms with Crippen molar-refractivity contribution in [3.05, 3.63) is 23.0 Å². The highest BCUT2D eigenvalue weighted by Gasteiger charge is 2.38. The zero-order valence-electron chi connectivity index (χ0n) is 10.7. The molecule has 0 aliphatic heterocycles. The van der Waals surface area contributed by atoms with Crippen molar-refractivity contribution in [3.63, 3.8) is 0 Å². The lowest BCUT2D eigenvalue weighted by Crippen LogP contribution is -2.10. The van der Waals surface area contributed by atoms with Crippen LogP contribution in [-0.2, 0) is 6.18 Å². The van der Waals surface area contributed by atoms with Gasteiger partial charge in [-0.1, -0.05) is 29.9 Å². The molecule has 0 spiro atoms. The summed E-state index contributed by atoms with van der Waals surface area (Å²) in [6, 6.07) is 3.17. The van der Waals surface area contributed by atoms with E-state index >= 15 is 0 Å². The number of nitrogens with zero attached hydrogens (tertiary/aromatic N) is 3. The standard InChI is InChI=1S/C12H9ClF3N3OS/c1-2-3-20-6-4-7(13)9-8(5-6)21-11-18-17-10(19(9)11)12(14,15)16/h4-5H,2-3H2,1H3. The van der Waals surface area contributed by atoms with Crippen LogP contribution in [0.15, 0.2) is 12.1 Å². The van der Waals surface area contributed by atoms with Crippen LogP contribution in [0, 0.1) is 0 Å². The number of ether oxygens (including phenoxy) is 1. The molecule has 2 heterocycles. The molecular formula is C12H9ClF3N3OS. The van der Waals surface area contributed by atoms with Crippen LogP contribution < -0.4 is 4.74 Å². The summed E-state index contributed by atoms with van der Waals surface area (Å²) in [5.74, 6) is -0.548. The molecule has 9 heteroatoms. The van der Waals surface area contributed by atoms with E-state index in [2.05, 4.69) is 10.2 Å². The van der Waals surface area contributed by atoms with Gasteiger partial charge in [-0.2, -0.15) is 13.2 Å². The van der Waals surface area contributed by atoms with Crippen molar-refractivity contribution in [1.29, 1.82) is 0 Å². The first-order chi connectivity index (χ1) is 9.91. The molecule has 2 aromatic heterocycles. The predicted octanol–water partition coefficient (Wildman–Crippen LogP) is 4.41. The van der Waals surface area contributed by atoms with Crippen LogP contribution in [0.4, 0.5) is 13.2 Å². The number of thiazole rings is 1. The first kappa shape index (κ1) is 14.4. The lowest BCUT2D eigenvalue weighted by atomic mass is 10.3. The van der Waals surface area contributed by atoms with E-state index in [1.807, 2.05) is 6.92 Å². The lowest BCUT2D eigenvalue weighted by molar-refractivity contribution is -0.145. The largest absolute Gasteiger partial charge is 0.494 e. The SMILES string of the molecule is CCCOc1cc(Cl)c2c(c1)sc1nnc(C(F)(F)F)n12. The second-order valence-electron chi connectivity index (χ2n) is 4.34. The maximum Gasteiger partial charge on any atom is 0.452 e. The van der Waals surface area contributed by atoms with Crippen LogP contribution >= 0.6 is 22.9 Å². The van der Waals surface area contributed by atoms with Gasteiger partial charge in [-0.25, -0.2) is 0 Å². The Balaban J connectivity index is 2.24. The summed E-state index contributed by atoms with van der Waals surface area (Å²) in [6.07, 6.45) is -3.76. The molecule has 0 unspecified atom stereocenters. The summed E-state index contributed by atoms with van der Waals surface area (Å²) in [5.41, 5.74) is 0.248. The molecule has 0 aliphatic carbocycles. The average Bonchev–Trinajstić information content (AvgIpc) is 2.92. The van der Waals surface area contributed by atoms with Crippen LogP contribution in [0.1, 0.15) is 19.2 Å². The fourth-order valence-corrected chi connectivity index (χ4v) is 3.34. The van der Waals surface area contributed by atoms with E-state index in [0.717, 1.165) is 22.2 Å². The van der Waals surface area contributed by atoms with Gasteiger partial charge >= 0.3 is 6.18 Å². The molecule has 0 atom stereocenters. The summed E-state index contributed by atoms with van der Waals surface area (Å²) in [7, 11) is 0. The third kappa shape index (κ3) is 2.42. The molecule has 0 amide bonds. The molecular weight excluding hydrogens is 327 g/mol. The molecule has 21 heavy (non-hydrogen) atoms. The second-order valence-corrected chi connectivity index (χ2v) is 5.76. The van der Waals surface area contributed by atoms with Crippen LogP contribution in [0.5, 0.6) is 5.75 Å². The van der Waals surface area contributed by atoms with E-state index in [-0.39, 0.29) is 15.5 Å². The normalized spacial score (nSPS) is 12.4. The van der Waals surface area contributed by atoms with E-state index in [1.165, 1.54) is 6.07 Å². The molecule has 0 saturated heterocycles. The first-order valence-electron chi connectivity index (χ1n) is 6.09. The van der Waals surface area contributed by atoms with Crippen LogP contribution in [0.2, 0.25) is 5.02 Å². The maximum atomic E-state index is 12.9. The molecule has 3 aromatic rings. The minimum atomic E-state index is -4.59. The fraction of sp³-hybridized carbons (Fsp3) is 0.333. The molecule has 3 rings (SSSR count). The number of hydrogen-bond acceptors (Lipinski definition) is 4. The van der Waals surface area contributed by atoms with Crippen LogP contribution in [0.3, 0.4) is 0 Å². The third-order valence-electron chi connectivity index (χ3n) is 2.79. The number of rotatable bonds is 3. The van der Waals surface area contributed by atoms with Crippen molar-refractivity contribution in [2.75, 3.05) is 6.61 Å². The van der Waals surface area contributed by atoms with Crippen molar-refractivity contribution >= 4 is 38.1 Å². The van der Waals surface area contributed by atoms with Crippen molar-refractivity contribution in [1.82, 2.24) is 14.6 Å². The van der Waals surface area contributed by atoms with Gasteiger partial charge in [0.15, 0.2) is 0 Å². The van der Waals surface area contributed by atoms with E-state index < -0.39 is 12.0 Å². The maximum absolute atomic E-state index is 12.9. The number of aromatic nitrogens is 3. The van der Waals surface area contributed by atoms with Crippen molar-refractivity contribution < 1.29 is 17.9 Å². The molecule has 4 nitrogen and oxygen atoms in total. The quantitative estimate of drug-likeness (QED) is 0.712. The van der Waals surface area contributed by atoms with E-state index in [0.29, 0.717) is 17.1 Å². The number of hydrogen-bond donors (Lipinski definition) is 0. The van der Waals surface area contributed by atoms with Crippen LogP contribution in [0.25, 0.3) is 15.2 Å². The lowest BCUT2D eigenvalue weighted by Gasteiger charge is -2.07. The summed E-state index contributed by atoms with van der Waals surface area (Å²) >= 11 is 7.21. The zero-order chi connectivity index (χ0) is 15.2. The summed E-state index contributed by atoms with van der Waals surface area (Å²) in [6.45, 7) is 2.47. The summed E-state index contributed by atoms with van der Waals surface area (Å²) in [4.78, 5) is 0.145. The van der Waals surface area contributed by atoms with Gasteiger partial charge in [0.1, 0.15) is 5.75 Å². The smallest absolute Gasteiger partial charge is 0.452 e. The molecule has 0 fully saturated rings. The minimum Gasteiger partial charge on any atom is -0.494 e. The molecule has 1 aromatic carbocycles. The Hall–Kier alpha value is -1.54. The summed E-state index contributed by atoms with van der Waals surface area (Å²) < 4.78 is 45.8. The molecule has 0 radical (unpaired) electrons. The Morgan fingerprint density at radius 1 is 1.33 bits per heavy atom. The Kier molecular flexibility index (Phi) is 3.45. The van der Waals surface area contributed by atoms with Gasteiger partial charge in [0.2, 0.25) is 10.8 Å². The first-order valence-corrected chi connectivity index (χ1v) is 7.28. The number of alkyl halides is 3. The van der Waals surface area contributed by atoms with Gasteiger partial charge in [0.05, 0.1) is 21.8 Å². The average molecular weight is 336 g/mol. The van der Waals surface area contributed by atoms with Gasteiger partial charge in [0, 0.05) is 6.07 Å². The monoisotopic (exact) mass is 335 g/mol. The van der Waals surface area contributed by atoms with Crippen LogP contribution in [-0.4, -0.2) is 21.2 Å². The van der Waals surface area contributed by atoms with E-state index in [4.69, 9.17) is 16.3 Å². The summed E-state index contributed by atoms with van der Waals surface area (Å²) in [5, 5.41) is 6.94. The van der Waals surface area contributed by atoms with E-state index in [9.17, 15) is 13.2 Å². The number of fused-ring (bicyclic) bond motifs is 3. The van der Waals surface area contributed by atoms with Gasteiger partial charge < -0.3 is 4.74 Å². The Labute approximate surface area is 126 Å². The molecule has 112 valence electrons. The van der Waals surface area contributed by atoms with Crippen molar-refractivity contribution in [2.24, 2.45) is 0 Å². The second kappa shape index (κ2) is 5.03. The molecule has 0 saturated carbocycles. The Morgan fingerprint density at radius 2 is 2.10 bits per heavy atom. The fourth-order valence-electron chi connectivity index (χ4n) is 1.97. The van der Waals surface area contributed by atoms with Crippen molar-refractivity contribution in [3.8, 4) is 5.75 Å². The highest BCUT2D eigenvalue weighted by atomic mass is 35.5. The van der Waals surface area contributed by atoms with Gasteiger partial charge in [-0.3, -0.25) is 4.40 Å². The Morgan fingerprint density at radius 3 is 2.76 bits per heavy atom. The highest BCUT2D eigenvalue weighted by Crippen LogP contribution is 2.38. The van der Waals surface area contributed by atoms with Crippen molar-refractivity contribution in [2.45, 2.75) is 19.5 Å². The van der Waals surface area contributed by atoms with Gasteiger partial charge in [-0.15, -0.1) is 10.2 Å². The van der Waals surface area contributed by atoms with E-state index in [1.54, 1.807) is 6.07 Å². The molecule has 0 bridgehead atoms. The van der Waals surface area contributed by atoms with Gasteiger partial charge in [-0.05, 0) is 12.5 Å². The topological polar surface area (TPSA) is 39.4 Å². The molecule has 0 aliphatic rings. The predicted molar refractivity (Wildman–Crippen MR) is 74.2 cm³/mol. The highest BCUT2D eigenvalue weighted by molar-refractivity contribution is 7.23. The number of benzene rings is 1. The Bertz CT molecular complexity index is 811. The third-order valence-corrected chi connectivity index (χ3v) is 4.05. The number of halogens is 4. The molecule has 0 N–H and O–H groups in total. The van der Waals surface area contributed by atoms with Gasteiger partial charge in [0.25, 0.3) is 0 Å². The zero-order valence-corrected chi connectivity index (χ0v) is 12.3.